The van der Waals surface area contributed by atoms with Crippen LogP contribution in [-0.2, 0) is 14.8 Å². The molecule has 0 aromatic heterocycles. The maximum Gasteiger partial charge on any atom is 0.262 e. The summed E-state index contributed by atoms with van der Waals surface area (Å²) in [5.41, 5.74) is 0. The normalized spacial score (nSPS) is 28.4. The minimum atomic E-state index is -3.43. The lowest BCUT2D eigenvalue weighted by Gasteiger charge is -2.27. The van der Waals surface area contributed by atoms with Gasteiger partial charge in [-0.1, -0.05) is 0 Å². The third-order valence-corrected chi connectivity index (χ3v) is 5.24. The summed E-state index contributed by atoms with van der Waals surface area (Å²) in [5.74, 6) is -3.47. The van der Waals surface area contributed by atoms with Crippen LogP contribution in [0.4, 0.5) is 8.78 Å². The number of halogens is 3. The number of carbonyl (C=O) groups excluding carboxylic acids is 1. The van der Waals surface area contributed by atoms with Gasteiger partial charge in [0.1, 0.15) is 0 Å². The molecule has 2 heterocycles. The van der Waals surface area contributed by atoms with Crippen molar-refractivity contribution in [2.45, 2.75) is 37.3 Å². The van der Waals surface area contributed by atoms with E-state index in [1.165, 1.54) is 11.9 Å². The molecule has 2 fully saturated rings. The van der Waals surface area contributed by atoms with Gasteiger partial charge in [-0.25, -0.2) is 21.9 Å². The summed E-state index contributed by atoms with van der Waals surface area (Å²) in [6.45, 7) is -0.0801. The van der Waals surface area contributed by atoms with Gasteiger partial charge in [-0.05, 0) is 19.9 Å². The third-order valence-electron chi connectivity index (χ3n) is 3.79. The number of carbonyl (C=O) groups is 1. The molecule has 1 amide bonds. The van der Waals surface area contributed by atoms with E-state index in [0.29, 0.717) is 19.4 Å². The van der Waals surface area contributed by atoms with Gasteiger partial charge in [0.2, 0.25) is 15.9 Å². The van der Waals surface area contributed by atoms with Crippen molar-refractivity contribution >= 4 is 28.3 Å². The first-order chi connectivity index (χ1) is 9.24. The van der Waals surface area contributed by atoms with Gasteiger partial charge >= 0.3 is 0 Å². The van der Waals surface area contributed by atoms with Crippen LogP contribution in [0.15, 0.2) is 0 Å². The van der Waals surface area contributed by atoms with Crippen LogP contribution in [-0.4, -0.2) is 63.1 Å². The van der Waals surface area contributed by atoms with Crippen molar-refractivity contribution in [3.8, 4) is 0 Å². The van der Waals surface area contributed by atoms with Crippen molar-refractivity contribution < 1.29 is 22.0 Å². The second-order valence-electron chi connectivity index (χ2n) is 5.31. The molecular formula is C11H20ClF2N3O3S. The van der Waals surface area contributed by atoms with Gasteiger partial charge in [0.05, 0.1) is 18.3 Å². The number of alkyl halides is 2. The van der Waals surface area contributed by atoms with Gasteiger partial charge in [0.25, 0.3) is 5.92 Å². The number of rotatable bonds is 4. The topological polar surface area (TPSA) is 78.5 Å². The van der Waals surface area contributed by atoms with Crippen LogP contribution in [0, 0.1) is 0 Å². The monoisotopic (exact) mass is 347 g/mol. The molecule has 2 saturated heterocycles. The number of hydrogen-bond donors (Lipinski definition) is 2. The molecule has 124 valence electrons. The molecule has 0 bridgehead atoms. The van der Waals surface area contributed by atoms with Gasteiger partial charge in [-0.3, -0.25) is 10.1 Å². The Morgan fingerprint density at radius 2 is 2.14 bits per heavy atom. The van der Waals surface area contributed by atoms with Gasteiger partial charge in [-0.15, -0.1) is 12.4 Å². The van der Waals surface area contributed by atoms with Crippen molar-refractivity contribution in [1.82, 2.24) is 14.9 Å². The van der Waals surface area contributed by atoms with E-state index in [9.17, 15) is 22.0 Å². The predicted molar refractivity (Wildman–Crippen MR) is 76.2 cm³/mol. The van der Waals surface area contributed by atoms with Crippen LogP contribution in [0.25, 0.3) is 0 Å². The second-order valence-corrected chi connectivity index (χ2v) is 7.28. The van der Waals surface area contributed by atoms with Crippen molar-refractivity contribution in [3.05, 3.63) is 0 Å². The summed E-state index contributed by atoms with van der Waals surface area (Å²) < 4.78 is 51.6. The molecule has 0 aliphatic carbocycles. The number of nitrogens with one attached hydrogen (secondary N) is 2. The number of sulfonamides is 1. The van der Waals surface area contributed by atoms with Gasteiger partial charge in [0.15, 0.2) is 0 Å². The quantitative estimate of drug-likeness (QED) is 0.747. The maximum atomic E-state index is 13.1. The van der Waals surface area contributed by atoms with Crippen LogP contribution >= 0.6 is 12.4 Å². The molecule has 2 N–H and O–H groups in total. The molecule has 2 unspecified atom stereocenters. The molecule has 21 heavy (non-hydrogen) atoms. The summed E-state index contributed by atoms with van der Waals surface area (Å²) in [6, 6.07) is -1.35. The van der Waals surface area contributed by atoms with Crippen molar-refractivity contribution in [2.75, 3.05) is 25.9 Å². The Labute approximate surface area is 129 Å². The summed E-state index contributed by atoms with van der Waals surface area (Å²) in [7, 11) is -2.11. The summed E-state index contributed by atoms with van der Waals surface area (Å²) in [5, 5.41) is 2.51. The predicted octanol–water partition coefficient (Wildman–Crippen LogP) is -0.0544. The lowest BCUT2D eigenvalue weighted by atomic mass is 10.1. The molecule has 10 heteroatoms. The zero-order chi connectivity index (χ0) is 15.0. The van der Waals surface area contributed by atoms with Crippen LogP contribution in [0.3, 0.4) is 0 Å². The largest absolute Gasteiger partial charge is 0.337 e. The fourth-order valence-electron chi connectivity index (χ4n) is 2.73. The molecule has 2 aliphatic rings. The molecule has 0 aromatic carbocycles. The number of hydrogen-bond acceptors (Lipinski definition) is 4. The lowest BCUT2D eigenvalue weighted by Crippen LogP contribution is -2.48. The highest BCUT2D eigenvalue weighted by Gasteiger charge is 2.45. The average molecular weight is 348 g/mol. The van der Waals surface area contributed by atoms with Crippen LogP contribution < -0.4 is 10.0 Å². The first-order valence-corrected chi connectivity index (χ1v) is 8.22. The second kappa shape index (κ2) is 6.72. The smallest absolute Gasteiger partial charge is 0.262 e. The van der Waals surface area contributed by atoms with Crippen molar-refractivity contribution in [1.29, 1.82) is 0 Å². The standard InChI is InChI=1S/C11H19F2N3O3S.ClH/c1-14-20(18,19)6-8-3-2-4-16(8)10(17)9-5-11(12,13)7-15-9;/h8-9,14-15H,2-7H2,1H3;1H. The van der Waals surface area contributed by atoms with E-state index < -0.39 is 46.9 Å². The Balaban J connectivity index is 0.00000220. The Morgan fingerprint density at radius 3 is 2.67 bits per heavy atom. The van der Waals surface area contributed by atoms with Crippen LogP contribution in [0.1, 0.15) is 19.3 Å². The van der Waals surface area contributed by atoms with Gasteiger partial charge in [-0.2, -0.15) is 0 Å². The third kappa shape index (κ3) is 4.48. The molecule has 0 aromatic rings. The number of nitrogens with zero attached hydrogens (tertiary/aromatic N) is 1. The number of amides is 1. The van der Waals surface area contributed by atoms with E-state index >= 15 is 0 Å². The van der Waals surface area contributed by atoms with Crippen molar-refractivity contribution in [3.63, 3.8) is 0 Å². The Kier molecular flexibility index (Phi) is 5.93. The summed E-state index contributed by atoms with van der Waals surface area (Å²) in [6.07, 6.45) is 0.752. The Bertz CT molecular complexity index is 489. The van der Waals surface area contributed by atoms with E-state index in [2.05, 4.69) is 10.0 Å². The molecular weight excluding hydrogens is 328 g/mol. The van der Waals surface area contributed by atoms with Crippen LogP contribution in [0.2, 0.25) is 0 Å². The molecule has 6 nitrogen and oxygen atoms in total. The Hall–Kier alpha value is -0.510. The fraction of sp³-hybridized carbons (Fsp3) is 0.909. The van der Waals surface area contributed by atoms with Gasteiger partial charge < -0.3 is 4.90 Å². The van der Waals surface area contributed by atoms with Gasteiger partial charge in [0, 0.05) is 19.0 Å². The molecule has 2 rings (SSSR count). The summed E-state index contributed by atoms with van der Waals surface area (Å²) in [4.78, 5) is 13.7. The zero-order valence-corrected chi connectivity index (χ0v) is 13.3. The molecule has 2 aliphatic heterocycles. The highest BCUT2D eigenvalue weighted by atomic mass is 35.5. The molecule has 0 spiro atoms. The highest BCUT2D eigenvalue weighted by molar-refractivity contribution is 7.89. The Morgan fingerprint density at radius 1 is 1.48 bits per heavy atom. The first kappa shape index (κ1) is 18.5. The average Bonchev–Trinajstić information content (AvgIpc) is 2.94. The van der Waals surface area contributed by atoms with E-state index in [1.54, 1.807) is 0 Å². The van der Waals surface area contributed by atoms with Crippen molar-refractivity contribution in [2.24, 2.45) is 0 Å². The van der Waals surface area contributed by atoms with E-state index in [4.69, 9.17) is 0 Å². The van der Waals surface area contributed by atoms with E-state index in [-0.39, 0.29) is 18.2 Å². The minimum absolute atomic E-state index is 0. The fourth-order valence-corrected chi connectivity index (χ4v) is 3.75. The van der Waals surface area contributed by atoms with Crippen LogP contribution in [0.5, 0.6) is 0 Å². The molecule has 2 atom stereocenters. The summed E-state index contributed by atoms with van der Waals surface area (Å²) >= 11 is 0. The number of likely N-dealkylation sites (tertiary alicyclic amines) is 1. The maximum absolute atomic E-state index is 13.1. The SMILES string of the molecule is CNS(=O)(=O)CC1CCCN1C(=O)C1CC(F)(F)CN1.Cl. The first-order valence-electron chi connectivity index (χ1n) is 6.57. The van der Waals surface area contributed by atoms with E-state index in [1.807, 2.05) is 0 Å². The molecule has 0 saturated carbocycles. The van der Waals surface area contributed by atoms with E-state index in [0.717, 1.165) is 0 Å². The minimum Gasteiger partial charge on any atom is -0.337 e. The highest BCUT2D eigenvalue weighted by Crippen LogP contribution is 2.28. The zero-order valence-electron chi connectivity index (χ0n) is 11.6. The molecule has 0 radical (unpaired) electrons. The lowest BCUT2D eigenvalue weighted by molar-refractivity contribution is -0.134.